The zero-order valence-corrected chi connectivity index (χ0v) is 15.2. The van der Waals surface area contributed by atoms with Crippen LogP contribution in [0.5, 0.6) is 0 Å². The third kappa shape index (κ3) is 3.10. The number of carbonyl (C=O) groups excluding carboxylic acids is 1. The molecule has 0 radical (unpaired) electrons. The molecule has 1 unspecified atom stereocenters. The van der Waals surface area contributed by atoms with Crippen molar-refractivity contribution >= 4 is 27.5 Å². The van der Waals surface area contributed by atoms with Crippen LogP contribution in [0.1, 0.15) is 41.4 Å². The van der Waals surface area contributed by atoms with E-state index in [9.17, 15) is 9.59 Å². The molecule has 1 amide bonds. The first-order chi connectivity index (χ1) is 11.5. The lowest BCUT2D eigenvalue weighted by Crippen LogP contribution is -2.37. The van der Waals surface area contributed by atoms with Gasteiger partial charge in [0.1, 0.15) is 4.83 Å². The molecule has 1 fully saturated rings. The first-order valence-electron chi connectivity index (χ1n) is 8.38. The summed E-state index contributed by atoms with van der Waals surface area (Å²) in [7, 11) is 1.67. The lowest BCUT2D eigenvalue weighted by atomic mass is 10.1. The highest BCUT2D eigenvalue weighted by molar-refractivity contribution is 7.20. The van der Waals surface area contributed by atoms with Crippen LogP contribution in [0.4, 0.5) is 0 Å². The van der Waals surface area contributed by atoms with E-state index in [0.717, 1.165) is 31.4 Å². The highest BCUT2D eigenvalue weighted by Gasteiger charge is 2.26. The van der Waals surface area contributed by atoms with E-state index in [-0.39, 0.29) is 17.6 Å². The van der Waals surface area contributed by atoms with Crippen LogP contribution in [0.15, 0.2) is 11.1 Å². The molecular formula is C17H23N3O3S. The molecule has 0 spiro atoms. The largest absolute Gasteiger partial charge is 0.376 e. The Bertz CT molecular complexity index is 805. The van der Waals surface area contributed by atoms with Crippen molar-refractivity contribution in [1.82, 2.24) is 14.5 Å². The Kier molecular flexibility index (Phi) is 5.01. The van der Waals surface area contributed by atoms with Gasteiger partial charge in [0.15, 0.2) is 0 Å². The molecular weight excluding hydrogens is 326 g/mol. The Labute approximate surface area is 145 Å². The second-order valence-electron chi connectivity index (χ2n) is 6.28. The van der Waals surface area contributed by atoms with Crippen molar-refractivity contribution in [2.45, 2.75) is 39.2 Å². The molecule has 0 aromatic carbocycles. The number of nitrogens with zero attached hydrogens (tertiary/aromatic N) is 3. The standard InChI is InChI=1S/C17H23N3O3S/c1-4-7-20(9-12-6-5-8-23-12)17(22)14-11(2)13-15(24-14)18-10-19(3)16(13)21/h10,12H,4-9H2,1-3H3. The van der Waals surface area contributed by atoms with Gasteiger partial charge in [0.2, 0.25) is 0 Å². The van der Waals surface area contributed by atoms with Gasteiger partial charge in [0, 0.05) is 26.7 Å². The van der Waals surface area contributed by atoms with Gasteiger partial charge in [0.25, 0.3) is 11.5 Å². The van der Waals surface area contributed by atoms with Gasteiger partial charge in [-0.05, 0) is 31.7 Å². The number of amides is 1. The van der Waals surface area contributed by atoms with Crippen LogP contribution in [0.25, 0.3) is 10.2 Å². The van der Waals surface area contributed by atoms with Crippen LogP contribution in [0.3, 0.4) is 0 Å². The number of hydrogen-bond acceptors (Lipinski definition) is 5. The van der Waals surface area contributed by atoms with E-state index in [1.807, 2.05) is 11.8 Å². The van der Waals surface area contributed by atoms with E-state index in [0.29, 0.717) is 28.2 Å². The third-order valence-electron chi connectivity index (χ3n) is 4.43. The summed E-state index contributed by atoms with van der Waals surface area (Å²) in [6, 6.07) is 0. The fourth-order valence-electron chi connectivity index (χ4n) is 3.14. The van der Waals surface area contributed by atoms with Gasteiger partial charge in [0.05, 0.1) is 22.7 Å². The van der Waals surface area contributed by atoms with Gasteiger partial charge in [-0.2, -0.15) is 0 Å². The number of aryl methyl sites for hydroxylation is 2. The van der Waals surface area contributed by atoms with Crippen LogP contribution in [0, 0.1) is 6.92 Å². The summed E-state index contributed by atoms with van der Waals surface area (Å²) in [5.41, 5.74) is 0.635. The van der Waals surface area contributed by atoms with E-state index in [4.69, 9.17) is 4.74 Å². The molecule has 0 N–H and O–H groups in total. The predicted molar refractivity (Wildman–Crippen MR) is 94.8 cm³/mol. The number of aromatic nitrogens is 2. The maximum Gasteiger partial charge on any atom is 0.264 e. The molecule has 3 rings (SSSR count). The SMILES string of the molecule is CCCN(CC1CCCO1)C(=O)c1sc2ncn(C)c(=O)c2c1C. The summed E-state index contributed by atoms with van der Waals surface area (Å²) in [4.78, 5) is 32.8. The normalized spacial score (nSPS) is 17.5. The maximum atomic E-state index is 13.1. The van der Waals surface area contributed by atoms with Gasteiger partial charge >= 0.3 is 0 Å². The van der Waals surface area contributed by atoms with Crippen molar-refractivity contribution in [3.8, 4) is 0 Å². The number of ether oxygens (including phenoxy) is 1. The summed E-state index contributed by atoms with van der Waals surface area (Å²) >= 11 is 1.31. The van der Waals surface area contributed by atoms with Crippen molar-refractivity contribution in [2.24, 2.45) is 7.05 Å². The summed E-state index contributed by atoms with van der Waals surface area (Å²) < 4.78 is 7.13. The number of thiophene rings is 1. The summed E-state index contributed by atoms with van der Waals surface area (Å²) in [6.45, 7) is 5.99. The lowest BCUT2D eigenvalue weighted by molar-refractivity contribution is 0.0529. The molecule has 2 aromatic heterocycles. The minimum absolute atomic E-state index is 0.0186. The zero-order chi connectivity index (χ0) is 17.3. The van der Waals surface area contributed by atoms with Gasteiger partial charge in [-0.15, -0.1) is 11.3 Å². The van der Waals surface area contributed by atoms with E-state index < -0.39 is 0 Å². The average molecular weight is 349 g/mol. The Morgan fingerprint density at radius 1 is 1.54 bits per heavy atom. The molecule has 6 nitrogen and oxygen atoms in total. The van der Waals surface area contributed by atoms with Gasteiger partial charge in [-0.1, -0.05) is 6.92 Å². The fourth-order valence-corrected chi connectivity index (χ4v) is 4.24. The maximum absolute atomic E-state index is 13.1. The molecule has 1 aliphatic rings. The van der Waals surface area contributed by atoms with Crippen LogP contribution in [0.2, 0.25) is 0 Å². The average Bonchev–Trinajstić information content (AvgIpc) is 3.18. The number of hydrogen-bond donors (Lipinski definition) is 0. The number of fused-ring (bicyclic) bond motifs is 1. The molecule has 130 valence electrons. The fraction of sp³-hybridized carbons (Fsp3) is 0.588. The molecule has 0 aliphatic carbocycles. The van der Waals surface area contributed by atoms with Gasteiger partial charge in [-0.25, -0.2) is 4.98 Å². The van der Waals surface area contributed by atoms with Crippen LogP contribution < -0.4 is 5.56 Å². The molecule has 1 saturated heterocycles. The monoisotopic (exact) mass is 349 g/mol. The van der Waals surface area contributed by atoms with Gasteiger partial charge in [-0.3, -0.25) is 9.59 Å². The van der Waals surface area contributed by atoms with Crippen molar-refractivity contribution in [2.75, 3.05) is 19.7 Å². The van der Waals surface area contributed by atoms with E-state index in [1.165, 1.54) is 22.2 Å². The van der Waals surface area contributed by atoms with Gasteiger partial charge < -0.3 is 14.2 Å². The topological polar surface area (TPSA) is 64.4 Å². The van der Waals surface area contributed by atoms with E-state index in [2.05, 4.69) is 11.9 Å². The molecule has 3 heterocycles. The molecule has 0 saturated carbocycles. The summed E-state index contributed by atoms with van der Waals surface area (Å²) in [5, 5.41) is 0.557. The smallest absolute Gasteiger partial charge is 0.264 e. The third-order valence-corrected chi connectivity index (χ3v) is 5.62. The van der Waals surface area contributed by atoms with E-state index >= 15 is 0 Å². The van der Waals surface area contributed by atoms with Crippen molar-refractivity contribution in [1.29, 1.82) is 0 Å². The van der Waals surface area contributed by atoms with Crippen molar-refractivity contribution in [3.05, 3.63) is 27.1 Å². The minimum Gasteiger partial charge on any atom is -0.376 e. The molecule has 24 heavy (non-hydrogen) atoms. The molecule has 2 aromatic rings. The summed E-state index contributed by atoms with van der Waals surface area (Å²) in [6.07, 6.45) is 4.58. The second-order valence-corrected chi connectivity index (χ2v) is 7.28. The van der Waals surface area contributed by atoms with Crippen molar-refractivity contribution < 1.29 is 9.53 Å². The highest BCUT2D eigenvalue weighted by Crippen LogP contribution is 2.28. The van der Waals surface area contributed by atoms with E-state index in [1.54, 1.807) is 7.05 Å². The lowest BCUT2D eigenvalue weighted by Gasteiger charge is -2.24. The predicted octanol–water partition coefficient (Wildman–Crippen LogP) is 2.33. The Morgan fingerprint density at radius 2 is 2.33 bits per heavy atom. The molecule has 1 atom stereocenters. The number of carbonyl (C=O) groups is 1. The zero-order valence-electron chi connectivity index (χ0n) is 14.4. The van der Waals surface area contributed by atoms with Crippen LogP contribution >= 0.6 is 11.3 Å². The summed E-state index contributed by atoms with van der Waals surface area (Å²) in [5.74, 6) is -0.0186. The van der Waals surface area contributed by atoms with Crippen LogP contribution in [-0.2, 0) is 11.8 Å². The van der Waals surface area contributed by atoms with Crippen LogP contribution in [-0.4, -0.2) is 46.2 Å². The Balaban J connectivity index is 1.94. The Hall–Kier alpha value is -1.73. The first kappa shape index (κ1) is 17.1. The number of rotatable bonds is 5. The Morgan fingerprint density at radius 3 is 3.00 bits per heavy atom. The molecule has 7 heteroatoms. The second kappa shape index (κ2) is 7.03. The molecule has 0 bridgehead atoms. The highest BCUT2D eigenvalue weighted by atomic mass is 32.1. The molecule has 1 aliphatic heterocycles. The quantitative estimate of drug-likeness (QED) is 0.831. The first-order valence-corrected chi connectivity index (χ1v) is 9.20. The van der Waals surface area contributed by atoms with Crippen molar-refractivity contribution in [3.63, 3.8) is 0 Å². The minimum atomic E-state index is -0.103.